The molecular formula is C16H17N3S. The first-order valence-corrected chi connectivity index (χ1v) is 7.69. The second-order valence-electron chi connectivity index (χ2n) is 4.69. The van der Waals surface area contributed by atoms with Crippen LogP contribution in [0.1, 0.15) is 18.2 Å². The van der Waals surface area contributed by atoms with Gasteiger partial charge >= 0.3 is 0 Å². The van der Waals surface area contributed by atoms with Gasteiger partial charge in [0.1, 0.15) is 10.7 Å². The highest BCUT2D eigenvalue weighted by atomic mass is 32.1. The van der Waals surface area contributed by atoms with Crippen LogP contribution in [-0.2, 0) is 6.54 Å². The number of hydrogen-bond acceptors (Lipinski definition) is 4. The van der Waals surface area contributed by atoms with E-state index in [-0.39, 0.29) is 0 Å². The van der Waals surface area contributed by atoms with Crippen molar-refractivity contribution in [1.82, 2.24) is 15.3 Å². The van der Waals surface area contributed by atoms with Gasteiger partial charge in [-0.05, 0) is 24.4 Å². The first kappa shape index (κ1) is 13.2. The zero-order valence-electron chi connectivity index (χ0n) is 11.5. The normalized spacial score (nSPS) is 11.1. The van der Waals surface area contributed by atoms with Gasteiger partial charge in [-0.3, -0.25) is 4.98 Å². The van der Waals surface area contributed by atoms with Gasteiger partial charge in [0.15, 0.2) is 0 Å². The second-order valence-corrected chi connectivity index (χ2v) is 5.80. The van der Waals surface area contributed by atoms with Crippen molar-refractivity contribution in [3.63, 3.8) is 0 Å². The van der Waals surface area contributed by atoms with E-state index in [0.717, 1.165) is 35.6 Å². The Labute approximate surface area is 122 Å². The third-order valence-corrected chi connectivity index (χ3v) is 4.16. The summed E-state index contributed by atoms with van der Waals surface area (Å²) >= 11 is 1.72. The maximum Gasteiger partial charge on any atom is 0.142 e. The van der Waals surface area contributed by atoms with Crippen LogP contribution in [0, 0.1) is 0 Å². The highest BCUT2D eigenvalue weighted by Crippen LogP contribution is 2.29. The summed E-state index contributed by atoms with van der Waals surface area (Å²) in [5.41, 5.74) is 0.981. The Morgan fingerprint density at radius 2 is 2.05 bits per heavy atom. The lowest BCUT2D eigenvalue weighted by Gasteiger charge is -2.02. The van der Waals surface area contributed by atoms with Crippen LogP contribution in [0.2, 0.25) is 0 Å². The molecule has 0 unspecified atom stereocenters. The smallest absolute Gasteiger partial charge is 0.142 e. The monoisotopic (exact) mass is 283 g/mol. The number of pyridine rings is 1. The molecule has 1 aromatic carbocycles. The Bertz CT molecular complexity index is 700. The van der Waals surface area contributed by atoms with Crippen LogP contribution >= 0.6 is 11.3 Å². The molecule has 2 heterocycles. The quantitative estimate of drug-likeness (QED) is 0.723. The summed E-state index contributed by atoms with van der Waals surface area (Å²) in [6, 6.07) is 10.3. The van der Waals surface area contributed by atoms with Gasteiger partial charge in [-0.25, -0.2) is 4.98 Å². The number of nitrogens with one attached hydrogen (secondary N) is 1. The van der Waals surface area contributed by atoms with Crippen molar-refractivity contribution in [2.24, 2.45) is 0 Å². The molecule has 0 aliphatic heterocycles. The number of nitrogens with zero attached hydrogens (tertiary/aromatic N) is 2. The van der Waals surface area contributed by atoms with Gasteiger partial charge in [0.2, 0.25) is 0 Å². The van der Waals surface area contributed by atoms with Crippen LogP contribution in [0.3, 0.4) is 0 Å². The van der Waals surface area contributed by atoms with Gasteiger partial charge < -0.3 is 5.32 Å². The average Bonchev–Trinajstić information content (AvgIpc) is 2.96. The van der Waals surface area contributed by atoms with Crippen molar-refractivity contribution in [3.05, 3.63) is 47.6 Å². The molecule has 0 atom stereocenters. The first-order valence-electron chi connectivity index (χ1n) is 6.88. The van der Waals surface area contributed by atoms with Crippen LogP contribution in [-0.4, -0.2) is 16.5 Å². The van der Waals surface area contributed by atoms with E-state index >= 15 is 0 Å². The molecule has 0 aliphatic carbocycles. The van der Waals surface area contributed by atoms with Crippen molar-refractivity contribution in [2.75, 3.05) is 6.54 Å². The maximum absolute atomic E-state index is 4.53. The Kier molecular flexibility index (Phi) is 4.04. The molecule has 0 saturated heterocycles. The van der Waals surface area contributed by atoms with Crippen molar-refractivity contribution in [2.45, 2.75) is 19.9 Å². The summed E-state index contributed by atoms with van der Waals surface area (Å²) in [7, 11) is 0. The SMILES string of the molecule is CCCNCc1cnc(-c2nccc3ccccc23)s1. The lowest BCUT2D eigenvalue weighted by atomic mass is 10.1. The van der Waals surface area contributed by atoms with E-state index < -0.39 is 0 Å². The highest BCUT2D eigenvalue weighted by Gasteiger charge is 2.09. The zero-order chi connectivity index (χ0) is 13.8. The Morgan fingerprint density at radius 1 is 1.15 bits per heavy atom. The summed E-state index contributed by atoms with van der Waals surface area (Å²) in [6.45, 7) is 4.10. The van der Waals surface area contributed by atoms with Crippen LogP contribution in [0.4, 0.5) is 0 Å². The molecular weight excluding hydrogens is 266 g/mol. The third-order valence-electron chi connectivity index (χ3n) is 3.16. The minimum atomic E-state index is 0.885. The molecule has 0 aliphatic rings. The molecule has 0 spiro atoms. The summed E-state index contributed by atoms with van der Waals surface area (Å²) < 4.78 is 0. The Hall–Kier alpha value is -1.78. The van der Waals surface area contributed by atoms with Crippen molar-refractivity contribution in [3.8, 4) is 10.7 Å². The van der Waals surface area contributed by atoms with Crippen molar-refractivity contribution >= 4 is 22.1 Å². The lowest BCUT2D eigenvalue weighted by Crippen LogP contribution is -2.12. The Balaban J connectivity index is 1.91. The van der Waals surface area contributed by atoms with Crippen LogP contribution in [0.5, 0.6) is 0 Å². The molecule has 0 amide bonds. The second kappa shape index (κ2) is 6.11. The molecule has 0 bridgehead atoms. The number of fused-ring (bicyclic) bond motifs is 1. The molecule has 3 nitrogen and oxygen atoms in total. The largest absolute Gasteiger partial charge is 0.312 e. The topological polar surface area (TPSA) is 37.8 Å². The van der Waals surface area contributed by atoms with E-state index in [9.17, 15) is 0 Å². The highest BCUT2D eigenvalue weighted by molar-refractivity contribution is 7.15. The Morgan fingerprint density at radius 3 is 2.95 bits per heavy atom. The molecule has 0 saturated carbocycles. The molecule has 102 valence electrons. The van der Waals surface area contributed by atoms with Crippen LogP contribution in [0.25, 0.3) is 21.5 Å². The molecule has 1 N–H and O–H groups in total. The standard InChI is InChI=1S/C16H17N3S/c1-2-8-17-10-13-11-19-16(20-13)15-14-6-4-3-5-12(14)7-9-18-15/h3-7,9,11,17H,2,8,10H2,1H3. The molecule has 0 radical (unpaired) electrons. The lowest BCUT2D eigenvalue weighted by molar-refractivity contribution is 0.681. The number of hydrogen-bond donors (Lipinski definition) is 1. The minimum Gasteiger partial charge on any atom is -0.312 e. The summed E-state index contributed by atoms with van der Waals surface area (Å²) in [5.74, 6) is 0. The molecule has 2 aromatic heterocycles. The predicted octanol–water partition coefficient (Wildman–Crippen LogP) is 3.86. The average molecular weight is 283 g/mol. The van der Waals surface area contributed by atoms with Gasteiger partial charge in [-0.2, -0.15) is 0 Å². The summed E-state index contributed by atoms with van der Waals surface area (Å²) in [4.78, 5) is 10.3. The summed E-state index contributed by atoms with van der Waals surface area (Å²) in [5, 5.41) is 6.77. The third kappa shape index (κ3) is 2.71. The fraction of sp³-hybridized carbons (Fsp3) is 0.250. The number of benzene rings is 1. The van der Waals surface area contributed by atoms with Gasteiger partial charge in [-0.1, -0.05) is 31.2 Å². The number of rotatable bonds is 5. The summed E-state index contributed by atoms with van der Waals surface area (Å²) in [6.07, 6.45) is 4.96. The molecule has 4 heteroatoms. The van der Waals surface area contributed by atoms with E-state index in [4.69, 9.17) is 0 Å². The van der Waals surface area contributed by atoms with Gasteiger partial charge in [-0.15, -0.1) is 11.3 Å². The number of thiazole rings is 1. The molecule has 20 heavy (non-hydrogen) atoms. The van der Waals surface area contributed by atoms with Crippen molar-refractivity contribution in [1.29, 1.82) is 0 Å². The number of aromatic nitrogens is 2. The fourth-order valence-electron chi connectivity index (χ4n) is 2.18. The zero-order valence-corrected chi connectivity index (χ0v) is 12.3. The predicted molar refractivity (Wildman–Crippen MR) is 84.8 cm³/mol. The first-order chi connectivity index (χ1) is 9.88. The fourth-order valence-corrected chi connectivity index (χ4v) is 3.07. The van der Waals surface area contributed by atoms with Gasteiger partial charge in [0, 0.05) is 29.2 Å². The van der Waals surface area contributed by atoms with Gasteiger partial charge in [0.25, 0.3) is 0 Å². The minimum absolute atomic E-state index is 0.885. The molecule has 0 fully saturated rings. The van der Waals surface area contributed by atoms with Gasteiger partial charge in [0.05, 0.1) is 0 Å². The van der Waals surface area contributed by atoms with E-state index in [1.54, 1.807) is 11.3 Å². The van der Waals surface area contributed by atoms with Crippen LogP contribution < -0.4 is 5.32 Å². The molecule has 3 rings (SSSR count). The van der Waals surface area contributed by atoms with E-state index in [1.165, 1.54) is 10.3 Å². The maximum atomic E-state index is 4.53. The molecule has 3 aromatic rings. The van der Waals surface area contributed by atoms with E-state index in [0.29, 0.717) is 0 Å². The van der Waals surface area contributed by atoms with Crippen LogP contribution in [0.15, 0.2) is 42.7 Å². The van der Waals surface area contributed by atoms with E-state index in [1.807, 2.05) is 30.6 Å². The van der Waals surface area contributed by atoms with Crippen molar-refractivity contribution < 1.29 is 0 Å². The van der Waals surface area contributed by atoms with E-state index in [2.05, 4.69) is 34.3 Å².